The highest BCUT2D eigenvalue weighted by molar-refractivity contribution is 5.85. The third kappa shape index (κ3) is 5.61. The maximum Gasteiger partial charge on any atom is 0.0403 e. The second kappa shape index (κ2) is 8.02. The Labute approximate surface area is 86.0 Å². The van der Waals surface area contributed by atoms with E-state index in [-0.39, 0.29) is 12.4 Å². The monoisotopic (exact) mass is 200 g/mol. The van der Waals surface area contributed by atoms with Gasteiger partial charge in [-0.3, -0.25) is 4.98 Å². The molecule has 0 saturated carbocycles. The van der Waals surface area contributed by atoms with Crippen LogP contribution in [0.15, 0.2) is 24.4 Å². The van der Waals surface area contributed by atoms with E-state index in [9.17, 15) is 0 Å². The van der Waals surface area contributed by atoms with Crippen molar-refractivity contribution >= 4 is 12.4 Å². The first-order valence-corrected chi connectivity index (χ1v) is 4.53. The second-order valence-electron chi connectivity index (χ2n) is 2.92. The molecule has 0 aliphatic rings. The molecule has 1 rings (SSSR count). The molecule has 2 N–H and O–H groups in total. The van der Waals surface area contributed by atoms with Crippen LogP contribution in [0.2, 0.25) is 0 Å². The van der Waals surface area contributed by atoms with Crippen molar-refractivity contribution in [3.8, 4) is 0 Å². The van der Waals surface area contributed by atoms with Gasteiger partial charge < -0.3 is 5.73 Å². The predicted molar refractivity (Wildman–Crippen MR) is 58.1 cm³/mol. The van der Waals surface area contributed by atoms with Gasteiger partial charge in [0.2, 0.25) is 0 Å². The maximum absolute atomic E-state index is 5.39. The first-order chi connectivity index (χ1) is 5.93. The van der Waals surface area contributed by atoms with E-state index in [0.717, 1.165) is 19.4 Å². The molecule has 0 aromatic carbocycles. The molecule has 74 valence electrons. The number of halogens is 1. The van der Waals surface area contributed by atoms with Gasteiger partial charge in [0, 0.05) is 11.9 Å². The highest BCUT2D eigenvalue weighted by Crippen LogP contribution is 2.02. The van der Waals surface area contributed by atoms with Gasteiger partial charge in [0.05, 0.1) is 0 Å². The number of pyridine rings is 1. The second-order valence-corrected chi connectivity index (χ2v) is 2.92. The fourth-order valence-electron chi connectivity index (χ4n) is 1.17. The zero-order valence-electron chi connectivity index (χ0n) is 7.78. The molecule has 2 nitrogen and oxygen atoms in total. The van der Waals surface area contributed by atoms with Crippen molar-refractivity contribution in [3.05, 3.63) is 30.1 Å². The summed E-state index contributed by atoms with van der Waals surface area (Å²) in [4.78, 5) is 4.25. The lowest BCUT2D eigenvalue weighted by Crippen LogP contribution is -1.98. The molecule has 0 atom stereocenters. The van der Waals surface area contributed by atoms with E-state index in [1.54, 1.807) is 0 Å². The summed E-state index contributed by atoms with van der Waals surface area (Å²) in [5.41, 5.74) is 6.58. The van der Waals surface area contributed by atoms with Crippen molar-refractivity contribution in [3.63, 3.8) is 0 Å². The van der Waals surface area contributed by atoms with Crippen molar-refractivity contribution < 1.29 is 0 Å². The summed E-state index contributed by atoms with van der Waals surface area (Å²) in [6.45, 7) is 0.808. The lowest BCUT2D eigenvalue weighted by atomic mass is 10.1. The Kier molecular flexibility index (Phi) is 7.65. The minimum absolute atomic E-state index is 0. The zero-order valence-corrected chi connectivity index (χ0v) is 8.59. The summed E-state index contributed by atoms with van der Waals surface area (Å²) >= 11 is 0. The molecule has 13 heavy (non-hydrogen) atoms. The van der Waals surface area contributed by atoms with E-state index in [0.29, 0.717) is 0 Å². The molecule has 1 heterocycles. The average Bonchev–Trinajstić information content (AvgIpc) is 2.14. The Morgan fingerprint density at radius 1 is 1.15 bits per heavy atom. The normalized spacial score (nSPS) is 9.31. The van der Waals surface area contributed by atoms with Crippen LogP contribution in [0.25, 0.3) is 0 Å². The van der Waals surface area contributed by atoms with Gasteiger partial charge in [-0.15, -0.1) is 12.4 Å². The fraction of sp³-hybridized carbons (Fsp3) is 0.500. The van der Waals surface area contributed by atoms with E-state index in [1.165, 1.54) is 18.5 Å². The van der Waals surface area contributed by atoms with Crippen LogP contribution < -0.4 is 5.73 Å². The average molecular weight is 201 g/mol. The number of nitrogens with two attached hydrogens (primary N) is 1. The molecule has 0 aliphatic heterocycles. The smallest absolute Gasteiger partial charge is 0.0403 e. The van der Waals surface area contributed by atoms with Crippen molar-refractivity contribution in [1.82, 2.24) is 4.98 Å². The van der Waals surface area contributed by atoms with Gasteiger partial charge in [-0.2, -0.15) is 0 Å². The molecule has 0 fully saturated rings. The minimum atomic E-state index is 0. The number of aromatic nitrogens is 1. The number of unbranched alkanes of at least 4 members (excludes halogenated alkanes) is 2. The Morgan fingerprint density at radius 3 is 2.62 bits per heavy atom. The van der Waals surface area contributed by atoms with Crippen LogP contribution in [0.3, 0.4) is 0 Å². The molecule has 0 unspecified atom stereocenters. The van der Waals surface area contributed by atoms with Gasteiger partial charge in [-0.25, -0.2) is 0 Å². The molecule has 0 bridgehead atoms. The highest BCUT2D eigenvalue weighted by Gasteiger charge is 1.92. The summed E-state index contributed by atoms with van der Waals surface area (Å²) < 4.78 is 0. The van der Waals surface area contributed by atoms with Crippen molar-refractivity contribution in [2.24, 2.45) is 5.73 Å². The van der Waals surface area contributed by atoms with Crippen LogP contribution in [-0.4, -0.2) is 11.5 Å². The summed E-state index contributed by atoms with van der Waals surface area (Å²) in [6.07, 6.45) is 6.48. The largest absolute Gasteiger partial charge is 0.330 e. The Hall–Kier alpha value is -0.600. The quantitative estimate of drug-likeness (QED) is 0.740. The number of rotatable bonds is 5. The highest BCUT2D eigenvalue weighted by atomic mass is 35.5. The third-order valence-corrected chi connectivity index (χ3v) is 1.86. The van der Waals surface area contributed by atoms with E-state index in [4.69, 9.17) is 5.73 Å². The van der Waals surface area contributed by atoms with Crippen LogP contribution in [0.5, 0.6) is 0 Å². The van der Waals surface area contributed by atoms with Gasteiger partial charge in [-0.1, -0.05) is 12.5 Å². The summed E-state index contributed by atoms with van der Waals surface area (Å²) in [5.74, 6) is 0. The molecule has 3 heteroatoms. The molecule has 0 aliphatic carbocycles. The van der Waals surface area contributed by atoms with Gasteiger partial charge in [0.25, 0.3) is 0 Å². The predicted octanol–water partition coefficient (Wildman–Crippen LogP) is 2.17. The zero-order chi connectivity index (χ0) is 8.65. The summed E-state index contributed by atoms with van der Waals surface area (Å²) in [5, 5.41) is 0. The van der Waals surface area contributed by atoms with E-state index in [2.05, 4.69) is 11.1 Å². The lowest BCUT2D eigenvalue weighted by molar-refractivity contribution is 0.679. The van der Waals surface area contributed by atoms with Crippen LogP contribution in [0, 0.1) is 0 Å². The van der Waals surface area contributed by atoms with Crippen molar-refractivity contribution in [2.75, 3.05) is 6.54 Å². The number of hydrogen-bond donors (Lipinski definition) is 1. The first-order valence-electron chi connectivity index (χ1n) is 4.53. The summed E-state index contributed by atoms with van der Waals surface area (Å²) in [6, 6.07) is 6.05. The summed E-state index contributed by atoms with van der Waals surface area (Å²) in [7, 11) is 0. The first kappa shape index (κ1) is 12.4. The topological polar surface area (TPSA) is 38.9 Å². The van der Waals surface area contributed by atoms with Gasteiger partial charge >= 0.3 is 0 Å². The van der Waals surface area contributed by atoms with Gasteiger partial charge in [0.1, 0.15) is 0 Å². The standard InChI is InChI=1S/C10H16N2.ClH/c11-8-4-1-2-6-10-7-3-5-9-12-10;/h3,5,7,9H,1-2,4,6,8,11H2;1H. The molecule has 0 amide bonds. The third-order valence-electron chi connectivity index (χ3n) is 1.86. The maximum atomic E-state index is 5.39. The van der Waals surface area contributed by atoms with Gasteiger partial charge in [0.15, 0.2) is 0 Å². The molecule has 0 spiro atoms. The molecule has 1 aromatic heterocycles. The molecule has 0 radical (unpaired) electrons. The van der Waals surface area contributed by atoms with Crippen LogP contribution in [0.1, 0.15) is 25.0 Å². The van der Waals surface area contributed by atoms with Crippen molar-refractivity contribution in [2.45, 2.75) is 25.7 Å². The Morgan fingerprint density at radius 2 is 2.00 bits per heavy atom. The number of aryl methyl sites for hydroxylation is 1. The molecular weight excluding hydrogens is 184 g/mol. The molecule has 0 saturated heterocycles. The Bertz CT molecular complexity index is 201. The number of hydrogen-bond acceptors (Lipinski definition) is 2. The fourth-order valence-corrected chi connectivity index (χ4v) is 1.17. The van der Waals surface area contributed by atoms with Gasteiger partial charge in [-0.05, 0) is 37.9 Å². The number of nitrogens with zero attached hydrogens (tertiary/aromatic N) is 1. The lowest BCUT2D eigenvalue weighted by Gasteiger charge is -1.98. The van der Waals surface area contributed by atoms with Crippen LogP contribution >= 0.6 is 12.4 Å². The van der Waals surface area contributed by atoms with E-state index >= 15 is 0 Å². The Balaban J connectivity index is 0.00000144. The molecule has 1 aromatic rings. The minimum Gasteiger partial charge on any atom is -0.330 e. The van der Waals surface area contributed by atoms with E-state index in [1.807, 2.05) is 18.3 Å². The van der Waals surface area contributed by atoms with E-state index < -0.39 is 0 Å². The van der Waals surface area contributed by atoms with Crippen LogP contribution in [0.4, 0.5) is 0 Å². The van der Waals surface area contributed by atoms with Crippen molar-refractivity contribution in [1.29, 1.82) is 0 Å². The SMILES string of the molecule is Cl.NCCCCCc1ccccn1. The molecular formula is C10H17ClN2. The van der Waals surface area contributed by atoms with Crippen LogP contribution in [-0.2, 0) is 6.42 Å².